The van der Waals surface area contributed by atoms with E-state index in [4.69, 9.17) is 37.0 Å². The first-order valence-corrected chi connectivity index (χ1v) is 39.2. The van der Waals surface area contributed by atoms with E-state index in [-0.39, 0.29) is 25.7 Å². The lowest BCUT2D eigenvalue weighted by Gasteiger charge is -2.21. The van der Waals surface area contributed by atoms with Crippen molar-refractivity contribution in [2.24, 2.45) is 23.7 Å². The average Bonchev–Trinajstić information content (AvgIpc) is 3.70. The molecule has 0 bridgehead atoms. The molecule has 0 heterocycles. The Balaban J connectivity index is 5.23. The normalized spacial score (nSPS) is 14.6. The summed E-state index contributed by atoms with van der Waals surface area (Å²) in [7, 11) is -9.90. The van der Waals surface area contributed by atoms with Crippen LogP contribution in [0.1, 0.15) is 344 Å². The zero-order valence-electron chi connectivity index (χ0n) is 58.1. The predicted molar refractivity (Wildman–Crippen MR) is 358 cm³/mol. The van der Waals surface area contributed by atoms with Gasteiger partial charge in [0.25, 0.3) is 0 Å². The molecule has 0 saturated carbocycles. The van der Waals surface area contributed by atoms with Crippen LogP contribution in [0.5, 0.6) is 0 Å². The van der Waals surface area contributed by atoms with Crippen molar-refractivity contribution < 1.29 is 80.2 Å². The van der Waals surface area contributed by atoms with Crippen molar-refractivity contribution in [2.75, 3.05) is 39.6 Å². The second kappa shape index (κ2) is 59.8. The number of phosphoric ester groups is 2. The molecule has 0 aliphatic rings. The maximum absolute atomic E-state index is 13.0. The smallest absolute Gasteiger partial charge is 0.462 e. The largest absolute Gasteiger partial charge is 0.472 e. The number of carbonyl (C=O) groups is 4. The fourth-order valence-electron chi connectivity index (χ4n) is 10.5. The number of rotatable bonds is 67. The highest BCUT2D eigenvalue weighted by molar-refractivity contribution is 7.47. The third-order valence-corrected chi connectivity index (χ3v) is 18.3. The van der Waals surface area contributed by atoms with Gasteiger partial charge >= 0.3 is 39.5 Å². The zero-order chi connectivity index (χ0) is 66.1. The Morgan fingerprint density at radius 3 is 0.798 bits per heavy atom. The minimum absolute atomic E-state index is 0.105. The second-order valence-corrected chi connectivity index (χ2v) is 29.8. The van der Waals surface area contributed by atoms with Crippen molar-refractivity contribution in [1.82, 2.24) is 0 Å². The van der Waals surface area contributed by atoms with E-state index in [0.29, 0.717) is 31.6 Å². The summed E-state index contributed by atoms with van der Waals surface area (Å²) >= 11 is 0. The van der Waals surface area contributed by atoms with E-state index >= 15 is 0 Å². The van der Waals surface area contributed by atoms with Gasteiger partial charge in [-0.15, -0.1) is 0 Å². The van der Waals surface area contributed by atoms with E-state index in [9.17, 15) is 43.2 Å². The van der Waals surface area contributed by atoms with Crippen molar-refractivity contribution in [3.8, 4) is 0 Å². The van der Waals surface area contributed by atoms with Gasteiger partial charge in [-0.05, 0) is 49.4 Å². The number of aliphatic hydroxyl groups is 1. The summed E-state index contributed by atoms with van der Waals surface area (Å²) in [5.74, 6) is 0.830. The van der Waals surface area contributed by atoms with Crippen LogP contribution in [0, 0.1) is 23.7 Å². The number of aliphatic hydroxyl groups excluding tert-OH is 1. The summed E-state index contributed by atoms with van der Waals surface area (Å²) in [6.45, 7) is 14.0. The first kappa shape index (κ1) is 87.1. The molecule has 0 spiro atoms. The second-order valence-electron chi connectivity index (χ2n) is 26.9. The summed E-state index contributed by atoms with van der Waals surface area (Å²) in [6.07, 6.45) is 41.8. The van der Waals surface area contributed by atoms with Crippen molar-refractivity contribution in [1.29, 1.82) is 0 Å². The third kappa shape index (κ3) is 63.2. The number of hydrogen-bond donors (Lipinski definition) is 3. The van der Waals surface area contributed by atoms with Gasteiger partial charge in [0, 0.05) is 25.7 Å². The van der Waals surface area contributed by atoms with Gasteiger partial charge in [0.15, 0.2) is 12.2 Å². The van der Waals surface area contributed by atoms with Gasteiger partial charge in [0.2, 0.25) is 0 Å². The number of phosphoric acid groups is 2. The topological polar surface area (TPSA) is 237 Å². The molecule has 3 unspecified atom stereocenters. The lowest BCUT2D eigenvalue weighted by molar-refractivity contribution is -0.161. The van der Waals surface area contributed by atoms with Gasteiger partial charge in [0.05, 0.1) is 26.4 Å². The number of carbonyl (C=O) groups excluding carboxylic acids is 4. The summed E-state index contributed by atoms with van der Waals surface area (Å²) < 4.78 is 68.2. The van der Waals surface area contributed by atoms with Crippen molar-refractivity contribution in [3.63, 3.8) is 0 Å². The highest BCUT2D eigenvalue weighted by atomic mass is 31.2. The van der Waals surface area contributed by atoms with Crippen LogP contribution in [-0.2, 0) is 65.4 Å². The number of esters is 4. The SMILES string of the molecule is CCC(C)CCCCCCCCC(=O)OC[C@H](COP(=O)(O)OC[C@@H](O)COP(=O)(O)OC[C@@H](COC(=O)CCCCCCCCC(C)C)OC(=O)CCCCCCCCCCCCCC(C)C)OC(=O)CCCCCCCCCCCCCCCC(C)C. The van der Waals surface area contributed by atoms with Gasteiger partial charge in [-0.2, -0.15) is 0 Å². The molecule has 17 nitrogen and oxygen atoms in total. The van der Waals surface area contributed by atoms with Crippen molar-refractivity contribution in [3.05, 3.63) is 0 Å². The maximum atomic E-state index is 13.0. The number of ether oxygens (including phenoxy) is 4. The summed E-state index contributed by atoms with van der Waals surface area (Å²) in [6, 6.07) is 0. The van der Waals surface area contributed by atoms with E-state index in [2.05, 4.69) is 55.4 Å². The molecule has 0 amide bonds. The molecule has 0 aromatic carbocycles. The Bertz CT molecular complexity index is 1770. The molecule has 0 aliphatic carbocycles. The Labute approximate surface area is 543 Å². The molecule has 0 radical (unpaired) electrons. The molecule has 0 rings (SSSR count). The predicted octanol–water partition coefficient (Wildman–Crippen LogP) is 19.7. The third-order valence-electron chi connectivity index (χ3n) is 16.4. The zero-order valence-corrected chi connectivity index (χ0v) is 59.8. The Morgan fingerprint density at radius 1 is 0.315 bits per heavy atom. The van der Waals surface area contributed by atoms with E-state index in [1.165, 1.54) is 135 Å². The molecule has 0 aromatic heterocycles. The molecule has 3 N–H and O–H groups in total. The molecule has 528 valence electrons. The average molecular weight is 1310 g/mol. The van der Waals surface area contributed by atoms with Gasteiger partial charge in [-0.1, -0.05) is 293 Å². The number of unbranched alkanes of at least 4 members (excludes halogenated alkanes) is 32. The van der Waals surface area contributed by atoms with E-state index in [0.717, 1.165) is 120 Å². The van der Waals surface area contributed by atoms with Crippen LogP contribution in [0.25, 0.3) is 0 Å². The van der Waals surface area contributed by atoms with Crippen LogP contribution in [0.15, 0.2) is 0 Å². The van der Waals surface area contributed by atoms with Gasteiger partial charge in [0.1, 0.15) is 19.3 Å². The quantitative estimate of drug-likeness (QED) is 0.0222. The highest BCUT2D eigenvalue weighted by Gasteiger charge is 2.30. The lowest BCUT2D eigenvalue weighted by atomic mass is 10.00. The van der Waals surface area contributed by atoms with Crippen LogP contribution >= 0.6 is 15.6 Å². The van der Waals surface area contributed by atoms with Crippen molar-refractivity contribution in [2.45, 2.75) is 363 Å². The fraction of sp³-hybridized carbons (Fsp3) is 0.943. The van der Waals surface area contributed by atoms with Crippen molar-refractivity contribution >= 4 is 39.5 Å². The van der Waals surface area contributed by atoms with Gasteiger partial charge in [-0.25, -0.2) is 9.13 Å². The molecule has 6 atom stereocenters. The minimum Gasteiger partial charge on any atom is -0.462 e. The van der Waals surface area contributed by atoms with Crippen LogP contribution in [0.3, 0.4) is 0 Å². The Hall–Kier alpha value is -1.94. The Kier molecular flexibility index (Phi) is 58.5. The van der Waals surface area contributed by atoms with Gasteiger partial charge in [-0.3, -0.25) is 37.3 Å². The van der Waals surface area contributed by atoms with E-state index in [1.54, 1.807) is 0 Å². The first-order chi connectivity index (χ1) is 42.6. The molecule has 0 aromatic rings. The Morgan fingerprint density at radius 2 is 0.539 bits per heavy atom. The highest BCUT2D eigenvalue weighted by Crippen LogP contribution is 2.45. The van der Waals surface area contributed by atoms with Gasteiger partial charge < -0.3 is 33.8 Å². The lowest BCUT2D eigenvalue weighted by Crippen LogP contribution is -2.30. The fourth-order valence-corrected chi connectivity index (χ4v) is 12.0. The molecular weight excluding hydrogens is 1170 g/mol. The monoisotopic (exact) mass is 1310 g/mol. The van der Waals surface area contributed by atoms with Crippen LogP contribution in [-0.4, -0.2) is 96.7 Å². The maximum Gasteiger partial charge on any atom is 0.472 e. The van der Waals surface area contributed by atoms with Crippen LogP contribution < -0.4 is 0 Å². The van der Waals surface area contributed by atoms with Crippen LogP contribution in [0.4, 0.5) is 0 Å². The van der Waals surface area contributed by atoms with Crippen LogP contribution in [0.2, 0.25) is 0 Å². The first-order valence-electron chi connectivity index (χ1n) is 36.2. The molecular formula is C70H136O17P2. The molecule has 0 fully saturated rings. The minimum atomic E-state index is -4.95. The summed E-state index contributed by atoms with van der Waals surface area (Å²) in [4.78, 5) is 72.5. The molecule has 0 aliphatic heterocycles. The summed E-state index contributed by atoms with van der Waals surface area (Å²) in [5, 5.41) is 10.6. The summed E-state index contributed by atoms with van der Waals surface area (Å²) in [5.41, 5.74) is 0. The van der Waals surface area contributed by atoms with E-state index < -0.39 is 97.5 Å². The van der Waals surface area contributed by atoms with E-state index in [1.807, 2.05) is 0 Å². The molecule has 89 heavy (non-hydrogen) atoms. The molecule has 0 saturated heterocycles. The standard InChI is InChI=1S/C70H136O17P2/c1-9-63(8)49-41-33-27-29-35-43-51-68(73)81-57-66(87-69(74)52-44-36-24-20-16-12-10-11-14-18-22-30-38-46-60(2)3)59-85-89(78,79)83-55-64(71)54-82-88(76,77)84-58-65(56-80-67(72)50-42-34-28-26-32-40-48-62(6)7)86-70(75)53-45-37-25-21-17-13-15-19-23-31-39-47-61(4)5/h60-66,71H,9-59H2,1-8H3,(H,76,77)(H,78,79)/t63?,64-,65+,66+/m0/s1. The molecule has 19 heteroatoms. The number of hydrogen-bond acceptors (Lipinski definition) is 15.